The zero-order valence-electron chi connectivity index (χ0n) is 21.5. The van der Waals surface area contributed by atoms with Crippen LogP contribution in [0.1, 0.15) is 51.7 Å². The summed E-state index contributed by atoms with van der Waals surface area (Å²) in [6.07, 6.45) is 5.76. The molecule has 188 valence electrons. The average molecular weight is 520 g/mol. The van der Waals surface area contributed by atoms with Gasteiger partial charge in [0.05, 0.1) is 17.2 Å². The molecule has 1 aliphatic rings. The smallest absolute Gasteiger partial charge is 0.266 e. The van der Waals surface area contributed by atoms with Crippen molar-refractivity contribution in [3.63, 3.8) is 0 Å². The Morgan fingerprint density at radius 2 is 1.89 bits per heavy atom. The van der Waals surface area contributed by atoms with E-state index < -0.39 is 0 Å². The van der Waals surface area contributed by atoms with Gasteiger partial charge in [-0.15, -0.1) is 0 Å². The molecule has 7 heteroatoms. The summed E-state index contributed by atoms with van der Waals surface area (Å²) in [5, 5.41) is 4.93. The van der Waals surface area contributed by atoms with Gasteiger partial charge in [0, 0.05) is 23.4 Å². The minimum absolute atomic E-state index is 0.0390. The standard InChI is InChI=1S/C29H33N3O2S2/c1-6-21(5)32-28(33)26(36-29(32)35)17-23-18-31(24-10-8-7-9-11-24)30-27(23)22-12-13-25(20(4)16-22)34-15-14-19(2)3/h7-13,16-19,21H,6,14-15H2,1-5H3/b26-17-. The first-order valence-electron chi connectivity index (χ1n) is 12.4. The summed E-state index contributed by atoms with van der Waals surface area (Å²) in [6, 6.07) is 16.2. The molecule has 5 nitrogen and oxygen atoms in total. The Labute approximate surface area is 223 Å². The Morgan fingerprint density at radius 3 is 2.56 bits per heavy atom. The Balaban J connectivity index is 1.72. The number of hydrogen-bond acceptors (Lipinski definition) is 5. The van der Waals surface area contributed by atoms with Gasteiger partial charge in [0.1, 0.15) is 15.8 Å². The largest absolute Gasteiger partial charge is 0.493 e. The second-order valence-corrected chi connectivity index (χ2v) is 11.2. The predicted octanol–water partition coefficient (Wildman–Crippen LogP) is 7.27. The molecule has 0 bridgehead atoms. The van der Waals surface area contributed by atoms with Gasteiger partial charge in [-0.05, 0) is 74.6 Å². The zero-order valence-corrected chi connectivity index (χ0v) is 23.2. The van der Waals surface area contributed by atoms with Crippen molar-refractivity contribution >= 4 is 40.3 Å². The maximum Gasteiger partial charge on any atom is 0.266 e. The monoisotopic (exact) mass is 519 g/mol. The molecule has 0 aliphatic carbocycles. The maximum atomic E-state index is 13.2. The molecule has 1 atom stereocenters. The minimum Gasteiger partial charge on any atom is -0.493 e. The van der Waals surface area contributed by atoms with Crippen LogP contribution >= 0.6 is 24.0 Å². The molecule has 2 aromatic carbocycles. The Morgan fingerprint density at radius 1 is 1.14 bits per heavy atom. The molecular formula is C29H33N3O2S2. The van der Waals surface area contributed by atoms with E-state index in [9.17, 15) is 4.79 Å². The number of carbonyl (C=O) groups excluding carboxylic acids is 1. The summed E-state index contributed by atoms with van der Waals surface area (Å²) in [7, 11) is 0. The highest BCUT2D eigenvalue weighted by Crippen LogP contribution is 2.37. The average Bonchev–Trinajstić information content (AvgIpc) is 3.40. The molecule has 0 saturated carbocycles. The Bertz CT molecular complexity index is 1280. The molecule has 1 aliphatic heterocycles. The van der Waals surface area contributed by atoms with E-state index in [2.05, 4.69) is 33.8 Å². The number of hydrogen-bond donors (Lipinski definition) is 0. The van der Waals surface area contributed by atoms with Crippen LogP contribution in [0.2, 0.25) is 0 Å². The van der Waals surface area contributed by atoms with Gasteiger partial charge in [0.25, 0.3) is 5.91 Å². The van der Waals surface area contributed by atoms with E-state index >= 15 is 0 Å². The SMILES string of the molecule is CCC(C)N1C(=O)/C(=C/c2cn(-c3ccccc3)nc2-c2ccc(OCCC(C)C)c(C)c2)SC1=S. The van der Waals surface area contributed by atoms with Crippen molar-refractivity contribution in [2.45, 2.75) is 53.5 Å². The highest BCUT2D eigenvalue weighted by Gasteiger charge is 2.35. The van der Waals surface area contributed by atoms with Crippen LogP contribution in [-0.4, -0.2) is 37.6 Å². The first-order chi connectivity index (χ1) is 17.3. The van der Waals surface area contributed by atoms with Crippen molar-refractivity contribution in [3.05, 3.63) is 70.8 Å². The molecule has 0 N–H and O–H groups in total. The first-order valence-corrected chi connectivity index (χ1v) is 13.7. The number of benzene rings is 2. The van der Waals surface area contributed by atoms with Crippen LogP contribution in [0.3, 0.4) is 0 Å². The van der Waals surface area contributed by atoms with Gasteiger partial charge in [-0.25, -0.2) is 4.68 Å². The van der Waals surface area contributed by atoms with Crippen molar-refractivity contribution in [2.75, 3.05) is 6.61 Å². The van der Waals surface area contributed by atoms with Gasteiger partial charge in [-0.2, -0.15) is 5.10 Å². The second-order valence-electron chi connectivity index (χ2n) is 9.53. The van der Waals surface area contributed by atoms with E-state index in [0.29, 0.717) is 21.8 Å². The fourth-order valence-electron chi connectivity index (χ4n) is 3.98. The van der Waals surface area contributed by atoms with Gasteiger partial charge < -0.3 is 4.74 Å². The normalized spacial score (nSPS) is 15.8. The van der Waals surface area contributed by atoms with E-state index in [-0.39, 0.29) is 11.9 Å². The van der Waals surface area contributed by atoms with E-state index in [4.69, 9.17) is 22.1 Å². The topological polar surface area (TPSA) is 47.4 Å². The summed E-state index contributed by atoms with van der Waals surface area (Å²) in [6.45, 7) is 11.2. The van der Waals surface area contributed by atoms with Crippen molar-refractivity contribution in [1.82, 2.24) is 14.7 Å². The number of ether oxygens (including phenoxy) is 1. The molecule has 1 unspecified atom stereocenters. The zero-order chi connectivity index (χ0) is 25.8. The number of carbonyl (C=O) groups is 1. The molecule has 0 radical (unpaired) electrons. The fourth-order valence-corrected chi connectivity index (χ4v) is 5.43. The van der Waals surface area contributed by atoms with Crippen molar-refractivity contribution in [1.29, 1.82) is 0 Å². The number of thiocarbonyl (C=S) groups is 1. The van der Waals surface area contributed by atoms with Crippen LogP contribution in [0.4, 0.5) is 0 Å². The van der Waals surface area contributed by atoms with Crippen LogP contribution in [0.25, 0.3) is 23.0 Å². The molecule has 0 spiro atoms. The van der Waals surface area contributed by atoms with E-state index in [0.717, 1.165) is 46.7 Å². The Hall–Kier alpha value is -2.90. The van der Waals surface area contributed by atoms with Gasteiger partial charge >= 0.3 is 0 Å². The summed E-state index contributed by atoms with van der Waals surface area (Å²) < 4.78 is 8.48. The van der Waals surface area contributed by atoms with Gasteiger partial charge in [0.2, 0.25) is 0 Å². The second kappa shape index (κ2) is 11.4. The van der Waals surface area contributed by atoms with Crippen LogP contribution in [-0.2, 0) is 4.79 Å². The first kappa shape index (κ1) is 26.2. The number of thioether (sulfide) groups is 1. The van der Waals surface area contributed by atoms with Crippen LogP contribution in [0.15, 0.2) is 59.6 Å². The number of rotatable bonds is 9. The summed E-state index contributed by atoms with van der Waals surface area (Å²) in [4.78, 5) is 15.5. The molecule has 1 saturated heterocycles. The van der Waals surface area contributed by atoms with Gasteiger partial charge in [-0.1, -0.05) is 63.0 Å². The van der Waals surface area contributed by atoms with Crippen molar-refractivity contribution in [3.8, 4) is 22.7 Å². The number of para-hydroxylation sites is 1. The van der Waals surface area contributed by atoms with Gasteiger partial charge in [0.15, 0.2) is 0 Å². The Kier molecular flexibility index (Phi) is 8.32. The van der Waals surface area contributed by atoms with Crippen LogP contribution in [0, 0.1) is 12.8 Å². The van der Waals surface area contributed by atoms with Crippen LogP contribution in [0.5, 0.6) is 5.75 Å². The summed E-state index contributed by atoms with van der Waals surface area (Å²) >= 11 is 6.89. The highest BCUT2D eigenvalue weighted by molar-refractivity contribution is 8.26. The van der Waals surface area contributed by atoms with E-state index in [1.165, 1.54) is 11.8 Å². The molecule has 1 fully saturated rings. The van der Waals surface area contributed by atoms with E-state index in [1.807, 2.05) is 66.3 Å². The lowest BCUT2D eigenvalue weighted by molar-refractivity contribution is -0.123. The van der Waals surface area contributed by atoms with E-state index in [1.54, 1.807) is 4.90 Å². The van der Waals surface area contributed by atoms with Crippen molar-refractivity contribution < 1.29 is 9.53 Å². The summed E-state index contributed by atoms with van der Waals surface area (Å²) in [5.74, 6) is 1.45. The number of nitrogens with zero attached hydrogens (tertiary/aromatic N) is 3. The molecule has 4 rings (SSSR count). The molecule has 3 aromatic rings. The predicted molar refractivity (Wildman–Crippen MR) is 153 cm³/mol. The third kappa shape index (κ3) is 5.73. The lowest BCUT2D eigenvalue weighted by atomic mass is 10.0. The molecular weight excluding hydrogens is 486 g/mol. The molecule has 36 heavy (non-hydrogen) atoms. The maximum absolute atomic E-state index is 13.2. The fraction of sp³-hybridized carbons (Fsp3) is 0.345. The van der Waals surface area contributed by atoms with Crippen LogP contribution < -0.4 is 4.74 Å². The summed E-state index contributed by atoms with van der Waals surface area (Å²) in [5.41, 5.74) is 4.67. The third-order valence-corrected chi connectivity index (χ3v) is 7.64. The number of amides is 1. The van der Waals surface area contributed by atoms with Gasteiger partial charge in [-0.3, -0.25) is 9.69 Å². The lowest BCUT2D eigenvalue weighted by Crippen LogP contribution is -2.36. The minimum atomic E-state index is -0.0390. The molecule has 1 amide bonds. The van der Waals surface area contributed by atoms with Crippen molar-refractivity contribution in [2.24, 2.45) is 5.92 Å². The number of aryl methyl sites for hydroxylation is 1. The quantitative estimate of drug-likeness (QED) is 0.220. The lowest BCUT2D eigenvalue weighted by Gasteiger charge is -2.21. The third-order valence-electron chi connectivity index (χ3n) is 6.31. The molecule has 1 aromatic heterocycles. The highest BCUT2D eigenvalue weighted by atomic mass is 32.2. The molecule has 2 heterocycles. The number of aromatic nitrogens is 2.